The van der Waals surface area contributed by atoms with E-state index >= 15 is 0 Å². The van der Waals surface area contributed by atoms with Gasteiger partial charge in [-0.05, 0) is 71.7 Å². The number of carbonyl (C=O) groups is 1. The Morgan fingerprint density at radius 3 is 2.44 bits per heavy atom. The topological polar surface area (TPSA) is 81.6 Å². The summed E-state index contributed by atoms with van der Waals surface area (Å²) in [5.74, 6) is 0. The second-order valence-electron chi connectivity index (χ2n) is 11.2. The molecule has 0 spiro atoms. The van der Waals surface area contributed by atoms with Crippen LogP contribution in [0.5, 0.6) is 0 Å². The van der Waals surface area contributed by atoms with Crippen LogP contribution in [0.1, 0.15) is 58.1 Å². The lowest BCUT2D eigenvalue weighted by atomic mass is 9.89. The van der Waals surface area contributed by atoms with E-state index < -0.39 is 6.09 Å². The maximum absolute atomic E-state index is 12.4. The van der Waals surface area contributed by atoms with Gasteiger partial charge >= 0.3 is 6.09 Å². The van der Waals surface area contributed by atoms with E-state index in [2.05, 4.69) is 57.7 Å². The molecule has 2 N–H and O–H groups in total. The highest BCUT2D eigenvalue weighted by molar-refractivity contribution is 5.66. The van der Waals surface area contributed by atoms with Crippen LogP contribution in [0.15, 0.2) is 91.3 Å². The number of nitrogens with zero attached hydrogens (tertiary/aromatic N) is 4. The van der Waals surface area contributed by atoms with E-state index in [-0.39, 0.29) is 12.1 Å². The summed E-state index contributed by atoms with van der Waals surface area (Å²) in [6.45, 7) is 3.34. The molecule has 1 amide bonds. The van der Waals surface area contributed by atoms with E-state index in [1.54, 1.807) is 4.90 Å². The summed E-state index contributed by atoms with van der Waals surface area (Å²) in [6.07, 6.45) is 6.76. The van der Waals surface area contributed by atoms with Gasteiger partial charge in [0.2, 0.25) is 0 Å². The number of pyridine rings is 2. The predicted octanol–water partition coefficient (Wildman–Crippen LogP) is 5.75. The Morgan fingerprint density at radius 2 is 1.63 bits per heavy atom. The summed E-state index contributed by atoms with van der Waals surface area (Å²) in [4.78, 5) is 25.7. The maximum Gasteiger partial charge on any atom is 0.407 e. The molecule has 2 atom stereocenters. The summed E-state index contributed by atoms with van der Waals surface area (Å²) in [6, 6.07) is 27.2. The molecule has 2 aromatic heterocycles. The summed E-state index contributed by atoms with van der Waals surface area (Å²) in [7, 11) is 0. The molecule has 6 rings (SSSR count). The Morgan fingerprint density at radius 1 is 0.878 bits per heavy atom. The molecule has 0 saturated heterocycles. The largest absolute Gasteiger partial charge is 0.465 e. The number of nitrogens with one attached hydrogen (secondary N) is 1. The van der Waals surface area contributed by atoms with Crippen LogP contribution in [0.2, 0.25) is 0 Å². The molecule has 1 aliphatic carbocycles. The fraction of sp³-hybridized carbons (Fsp3) is 0.324. The number of hydrogen-bond acceptors (Lipinski definition) is 5. The van der Waals surface area contributed by atoms with E-state index in [4.69, 9.17) is 4.98 Å². The van der Waals surface area contributed by atoms with Crippen molar-refractivity contribution in [1.82, 2.24) is 25.1 Å². The Labute approximate surface area is 241 Å². The van der Waals surface area contributed by atoms with Gasteiger partial charge in [0.1, 0.15) is 0 Å². The van der Waals surface area contributed by atoms with E-state index in [1.165, 1.54) is 22.3 Å². The minimum Gasteiger partial charge on any atom is -0.465 e. The number of benzene rings is 2. The number of rotatable bonds is 9. The third kappa shape index (κ3) is 6.47. The molecule has 210 valence electrons. The highest BCUT2D eigenvalue weighted by Crippen LogP contribution is 2.35. The zero-order valence-corrected chi connectivity index (χ0v) is 23.3. The second kappa shape index (κ2) is 12.6. The van der Waals surface area contributed by atoms with Crippen LogP contribution >= 0.6 is 0 Å². The maximum atomic E-state index is 12.4. The van der Waals surface area contributed by atoms with Crippen molar-refractivity contribution in [2.24, 2.45) is 0 Å². The van der Waals surface area contributed by atoms with Crippen molar-refractivity contribution < 1.29 is 9.90 Å². The van der Waals surface area contributed by atoms with E-state index in [9.17, 15) is 9.90 Å². The second-order valence-corrected chi connectivity index (χ2v) is 11.2. The van der Waals surface area contributed by atoms with Crippen LogP contribution in [-0.2, 0) is 39.0 Å². The first-order chi connectivity index (χ1) is 20.1. The van der Waals surface area contributed by atoms with Crippen LogP contribution in [0.25, 0.3) is 0 Å². The van der Waals surface area contributed by atoms with Gasteiger partial charge in [-0.3, -0.25) is 19.8 Å². The van der Waals surface area contributed by atoms with E-state index in [0.717, 1.165) is 62.3 Å². The van der Waals surface area contributed by atoms with Crippen LogP contribution in [-0.4, -0.2) is 43.6 Å². The van der Waals surface area contributed by atoms with Crippen molar-refractivity contribution in [3.63, 3.8) is 0 Å². The zero-order valence-electron chi connectivity index (χ0n) is 23.3. The summed E-state index contributed by atoms with van der Waals surface area (Å²) < 4.78 is 0. The van der Waals surface area contributed by atoms with E-state index in [1.807, 2.05) is 48.8 Å². The van der Waals surface area contributed by atoms with Gasteiger partial charge in [0, 0.05) is 45.1 Å². The standard InChI is InChI=1S/C34H37N5O2/c40-34(41)39-23-29-8-2-1-7-28(29)19-31(39)24-38(32-12-5-9-27-10-6-18-37-33(27)32)22-26-15-13-25(14-16-26)20-35-21-30-11-3-4-17-36-30/h1-4,6-8,10-11,13-18,31-32,35H,5,9,12,19-24H2,(H,40,41)/t31-,32+/m1/s1. The normalized spacial score (nSPS) is 18.1. The number of carboxylic acid groups (broad SMARTS) is 1. The minimum absolute atomic E-state index is 0.119. The Kier molecular flexibility index (Phi) is 8.35. The Balaban J connectivity index is 1.21. The number of aromatic nitrogens is 2. The zero-order chi connectivity index (χ0) is 28.0. The van der Waals surface area contributed by atoms with Gasteiger partial charge in [-0.25, -0.2) is 4.79 Å². The molecule has 2 aliphatic rings. The molecule has 2 aromatic carbocycles. The SMILES string of the molecule is O=C(O)N1Cc2ccccc2C[C@@H]1CN(Cc1ccc(CNCc2ccccn2)cc1)[C@H]1CCCc2cccnc21. The first kappa shape index (κ1) is 27.1. The molecule has 0 fully saturated rings. The quantitative estimate of drug-likeness (QED) is 0.278. The van der Waals surface area contributed by atoms with Crippen LogP contribution < -0.4 is 5.32 Å². The Hall–Kier alpha value is -4.07. The molecule has 0 unspecified atom stereocenters. The average Bonchev–Trinajstić information content (AvgIpc) is 3.01. The third-order valence-corrected chi connectivity index (χ3v) is 8.42. The van der Waals surface area contributed by atoms with Gasteiger partial charge < -0.3 is 10.4 Å². The monoisotopic (exact) mass is 547 g/mol. The van der Waals surface area contributed by atoms with Crippen LogP contribution in [0, 0.1) is 0 Å². The first-order valence-corrected chi connectivity index (χ1v) is 14.6. The lowest BCUT2D eigenvalue weighted by molar-refractivity contribution is 0.0755. The molecule has 4 aromatic rings. The molecule has 0 radical (unpaired) electrons. The highest BCUT2D eigenvalue weighted by Gasteiger charge is 2.34. The highest BCUT2D eigenvalue weighted by atomic mass is 16.4. The van der Waals surface area contributed by atoms with Crippen molar-refractivity contribution in [2.45, 2.75) is 63.9 Å². The smallest absolute Gasteiger partial charge is 0.407 e. The molecule has 1 aliphatic heterocycles. The fourth-order valence-electron chi connectivity index (χ4n) is 6.32. The van der Waals surface area contributed by atoms with Crippen molar-refractivity contribution >= 4 is 6.09 Å². The average molecular weight is 548 g/mol. The van der Waals surface area contributed by atoms with Crippen molar-refractivity contribution in [1.29, 1.82) is 0 Å². The summed E-state index contributed by atoms with van der Waals surface area (Å²) in [5.41, 5.74) is 8.29. The van der Waals surface area contributed by atoms with Gasteiger partial charge in [0.25, 0.3) is 0 Å². The Bertz CT molecular complexity index is 1460. The lowest BCUT2D eigenvalue weighted by Gasteiger charge is -2.41. The third-order valence-electron chi connectivity index (χ3n) is 8.42. The number of aryl methyl sites for hydroxylation is 1. The lowest BCUT2D eigenvalue weighted by Crippen LogP contribution is -2.50. The predicted molar refractivity (Wildman–Crippen MR) is 159 cm³/mol. The molecule has 0 bridgehead atoms. The van der Waals surface area contributed by atoms with Crippen molar-refractivity contribution in [3.8, 4) is 0 Å². The van der Waals surface area contributed by atoms with Crippen LogP contribution in [0.4, 0.5) is 4.79 Å². The first-order valence-electron chi connectivity index (χ1n) is 14.6. The molecular formula is C34H37N5O2. The molecule has 3 heterocycles. The van der Waals surface area contributed by atoms with E-state index in [0.29, 0.717) is 13.1 Å². The van der Waals surface area contributed by atoms with Gasteiger partial charge in [-0.15, -0.1) is 0 Å². The van der Waals surface area contributed by atoms with Gasteiger partial charge in [0.15, 0.2) is 0 Å². The number of fused-ring (bicyclic) bond motifs is 2. The summed E-state index contributed by atoms with van der Waals surface area (Å²) in [5, 5.41) is 13.6. The molecule has 41 heavy (non-hydrogen) atoms. The number of amides is 1. The molecular weight excluding hydrogens is 510 g/mol. The van der Waals surface area contributed by atoms with Crippen molar-refractivity contribution in [3.05, 3.63) is 130 Å². The number of hydrogen-bond donors (Lipinski definition) is 2. The van der Waals surface area contributed by atoms with Crippen molar-refractivity contribution in [2.75, 3.05) is 6.54 Å². The molecule has 7 nitrogen and oxygen atoms in total. The van der Waals surface area contributed by atoms with Gasteiger partial charge in [0.05, 0.1) is 23.5 Å². The van der Waals surface area contributed by atoms with Gasteiger partial charge in [-0.1, -0.05) is 60.7 Å². The van der Waals surface area contributed by atoms with Crippen LogP contribution in [0.3, 0.4) is 0 Å². The summed E-state index contributed by atoms with van der Waals surface area (Å²) >= 11 is 0. The molecule has 7 heteroatoms. The minimum atomic E-state index is -0.853. The molecule has 0 saturated carbocycles. The fourth-order valence-corrected chi connectivity index (χ4v) is 6.32. The van der Waals surface area contributed by atoms with Gasteiger partial charge in [-0.2, -0.15) is 0 Å².